The molecule has 0 heterocycles. The molecule has 2 aromatic rings. The topological polar surface area (TPSA) is 23.5 Å². The lowest BCUT2D eigenvalue weighted by Gasteiger charge is -2.27. The molecular formula is C15H17NO. The molecule has 17 heavy (non-hydrogen) atoms. The molecule has 1 unspecified atom stereocenters. The maximum Gasteiger partial charge on any atom is 0.115 e. The molecule has 0 spiro atoms. The highest BCUT2D eigenvalue weighted by atomic mass is 16.3. The molecule has 0 saturated carbocycles. The zero-order valence-electron chi connectivity index (χ0n) is 10.2. The number of anilines is 1. The lowest BCUT2D eigenvalue weighted by Crippen LogP contribution is -2.21. The molecule has 0 saturated heterocycles. The minimum absolute atomic E-state index is 0.226. The van der Waals surface area contributed by atoms with Crippen LogP contribution < -0.4 is 4.90 Å². The molecule has 2 heteroatoms. The maximum atomic E-state index is 9.50. The number of hydrogen-bond donors (Lipinski definition) is 1. The third kappa shape index (κ3) is 2.59. The maximum absolute atomic E-state index is 9.50. The van der Waals surface area contributed by atoms with Crippen LogP contribution in [-0.4, -0.2) is 12.2 Å². The summed E-state index contributed by atoms with van der Waals surface area (Å²) in [5, 5.41) is 9.50. The predicted octanol–water partition coefficient (Wildman–Crippen LogP) is 3.59. The summed E-state index contributed by atoms with van der Waals surface area (Å²) >= 11 is 0. The highest BCUT2D eigenvalue weighted by Crippen LogP contribution is 2.26. The number of rotatable bonds is 3. The number of phenolic OH excluding ortho intramolecular Hbond substituents is 1. The monoisotopic (exact) mass is 227 g/mol. The van der Waals surface area contributed by atoms with Gasteiger partial charge in [0.25, 0.3) is 0 Å². The number of para-hydroxylation sites is 1. The first-order valence-electron chi connectivity index (χ1n) is 5.75. The lowest BCUT2D eigenvalue weighted by molar-refractivity contribution is 0.474. The van der Waals surface area contributed by atoms with Crippen LogP contribution in [0.25, 0.3) is 0 Å². The fraction of sp³-hybridized carbons (Fsp3) is 0.200. The second-order valence-corrected chi connectivity index (χ2v) is 4.22. The van der Waals surface area contributed by atoms with Crippen LogP contribution in [0.4, 0.5) is 5.69 Å². The normalized spacial score (nSPS) is 12.1. The van der Waals surface area contributed by atoms with E-state index in [9.17, 15) is 5.11 Å². The summed E-state index contributed by atoms with van der Waals surface area (Å²) in [6, 6.07) is 17.9. The van der Waals surface area contributed by atoms with Gasteiger partial charge >= 0.3 is 0 Å². The fourth-order valence-electron chi connectivity index (χ4n) is 1.90. The number of nitrogens with zero attached hydrogens (tertiary/aromatic N) is 1. The van der Waals surface area contributed by atoms with Gasteiger partial charge in [0.15, 0.2) is 0 Å². The summed E-state index contributed by atoms with van der Waals surface area (Å²) in [4.78, 5) is 2.19. The van der Waals surface area contributed by atoms with E-state index in [1.54, 1.807) is 6.07 Å². The van der Waals surface area contributed by atoms with Crippen LogP contribution in [0, 0.1) is 0 Å². The second-order valence-electron chi connectivity index (χ2n) is 4.22. The molecule has 2 rings (SSSR count). The largest absolute Gasteiger partial charge is 0.508 e. The van der Waals surface area contributed by atoms with E-state index in [1.165, 1.54) is 5.69 Å². The van der Waals surface area contributed by atoms with Crippen molar-refractivity contribution in [2.75, 3.05) is 11.9 Å². The Hall–Kier alpha value is -1.96. The molecule has 2 aromatic carbocycles. The van der Waals surface area contributed by atoms with Gasteiger partial charge in [0.2, 0.25) is 0 Å². The number of hydrogen-bond acceptors (Lipinski definition) is 2. The molecule has 0 bridgehead atoms. The second kappa shape index (κ2) is 4.91. The van der Waals surface area contributed by atoms with Crippen molar-refractivity contribution in [1.82, 2.24) is 0 Å². The lowest BCUT2D eigenvalue weighted by atomic mass is 10.1. The van der Waals surface area contributed by atoms with E-state index in [0.717, 1.165) is 5.56 Å². The van der Waals surface area contributed by atoms with Gasteiger partial charge in [0.05, 0.1) is 6.04 Å². The quantitative estimate of drug-likeness (QED) is 0.866. The minimum Gasteiger partial charge on any atom is -0.508 e. The van der Waals surface area contributed by atoms with E-state index < -0.39 is 0 Å². The van der Waals surface area contributed by atoms with Crippen LogP contribution in [0.1, 0.15) is 18.5 Å². The van der Waals surface area contributed by atoms with Gasteiger partial charge in [0.1, 0.15) is 5.75 Å². The summed E-state index contributed by atoms with van der Waals surface area (Å²) in [6.45, 7) is 2.13. The van der Waals surface area contributed by atoms with E-state index in [-0.39, 0.29) is 6.04 Å². The Kier molecular flexibility index (Phi) is 3.33. The Balaban J connectivity index is 2.23. The summed E-state index contributed by atoms with van der Waals surface area (Å²) in [5.74, 6) is 0.316. The summed E-state index contributed by atoms with van der Waals surface area (Å²) < 4.78 is 0. The van der Waals surface area contributed by atoms with Crippen molar-refractivity contribution in [2.24, 2.45) is 0 Å². The van der Waals surface area contributed by atoms with Crippen molar-refractivity contribution in [1.29, 1.82) is 0 Å². The molecule has 0 amide bonds. The van der Waals surface area contributed by atoms with Crippen molar-refractivity contribution < 1.29 is 5.11 Å². The first-order valence-corrected chi connectivity index (χ1v) is 5.75. The van der Waals surface area contributed by atoms with Crippen LogP contribution in [0.5, 0.6) is 5.75 Å². The molecule has 88 valence electrons. The van der Waals surface area contributed by atoms with Gasteiger partial charge in [-0.15, -0.1) is 0 Å². The number of benzene rings is 2. The van der Waals surface area contributed by atoms with Gasteiger partial charge < -0.3 is 10.0 Å². The Labute approximate surface area is 102 Å². The number of aromatic hydroxyl groups is 1. The first-order chi connectivity index (χ1) is 8.18. The molecular weight excluding hydrogens is 210 g/mol. The Morgan fingerprint density at radius 1 is 1.00 bits per heavy atom. The van der Waals surface area contributed by atoms with Crippen LogP contribution in [0.15, 0.2) is 54.6 Å². The zero-order valence-corrected chi connectivity index (χ0v) is 10.2. The summed E-state index contributed by atoms with van der Waals surface area (Å²) in [7, 11) is 2.06. The average molecular weight is 227 g/mol. The molecule has 0 fully saturated rings. The van der Waals surface area contributed by atoms with Crippen LogP contribution >= 0.6 is 0 Å². The third-order valence-corrected chi connectivity index (χ3v) is 3.10. The molecule has 1 atom stereocenters. The molecule has 0 aromatic heterocycles. The summed E-state index contributed by atoms with van der Waals surface area (Å²) in [5.41, 5.74) is 2.28. The van der Waals surface area contributed by atoms with Crippen LogP contribution in [-0.2, 0) is 0 Å². The van der Waals surface area contributed by atoms with E-state index in [0.29, 0.717) is 5.75 Å². The molecule has 2 nitrogen and oxygen atoms in total. The van der Waals surface area contributed by atoms with Gasteiger partial charge in [0, 0.05) is 12.7 Å². The first kappa shape index (κ1) is 11.5. The zero-order chi connectivity index (χ0) is 12.3. The standard InChI is InChI=1S/C15H17NO/c1-12(13-7-6-10-15(17)11-13)16(2)14-8-4-3-5-9-14/h3-12,17H,1-2H3. The highest BCUT2D eigenvalue weighted by Gasteiger charge is 2.12. The number of phenols is 1. The molecule has 0 radical (unpaired) electrons. The van der Waals surface area contributed by atoms with E-state index in [4.69, 9.17) is 0 Å². The Morgan fingerprint density at radius 3 is 2.35 bits per heavy atom. The van der Waals surface area contributed by atoms with Gasteiger partial charge in [-0.25, -0.2) is 0 Å². The van der Waals surface area contributed by atoms with Crippen molar-refractivity contribution in [3.05, 3.63) is 60.2 Å². The van der Waals surface area contributed by atoms with Crippen molar-refractivity contribution >= 4 is 5.69 Å². The van der Waals surface area contributed by atoms with Crippen molar-refractivity contribution in [3.8, 4) is 5.75 Å². The van der Waals surface area contributed by atoms with E-state index in [1.807, 2.05) is 36.4 Å². The third-order valence-electron chi connectivity index (χ3n) is 3.10. The SMILES string of the molecule is CC(c1cccc(O)c1)N(C)c1ccccc1. The van der Waals surface area contributed by atoms with Gasteiger partial charge in [-0.1, -0.05) is 30.3 Å². The average Bonchev–Trinajstić information content (AvgIpc) is 2.38. The minimum atomic E-state index is 0.226. The van der Waals surface area contributed by atoms with Gasteiger partial charge in [-0.2, -0.15) is 0 Å². The Bertz CT molecular complexity index is 481. The fourth-order valence-corrected chi connectivity index (χ4v) is 1.90. The Morgan fingerprint density at radius 2 is 1.71 bits per heavy atom. The van der Waals surface area contributed by atoms with E-state index in [2.05, 4.69) is 31.0 Å². The summed E-state index contributed by atoms with van der Waals surface area (Å²) in [6.07, 6.45) is 0. The van der Waals surface area contributed by atoms with Crippen molar-refractivity contribution in [2.45, 2.75) is 13.0 Å². The van der Waals surface area contributed by atoms with Crippen molar-refractivity contribution in [3.63, 3.8) is 0 Å². The van der Waals surface area contributed by atoms with E-state index >= 15 is 0 Å². The smallest absolute Gasteiger partial charge is 0.115 e. The van der Waals surface area contributed by atoms with Gasteiger partial charge in [-0.05, 0) is 36.8 Å². The molecule has 0 aliphatic rings. The highest BCUT2D eigenvalue weighted by molar-refractivity contribution is 5.48. The molecule has 0 aliphatic carbocycles. The predicted molar refractivity (Wildman–Crippen MR) is 71.4 cm³/mol. The van der Waals surface area contributed by atoms with Gasteiger partial charge in [-0.3, -0.25) is 0 Å². The molecule has 0 aliphatic heterocycles. The van der Waals surface area contributed by atoms with Crippen LogP contribution in [0.2, 0.25) is 0 Å². The van der Waals surface area contributed by atoms with Crippen LogP contribution in [0.3, 0.4) is 0 Å². The molecule has 1 N–H and O–H groups in total.